The molecule has 0 spiro atoms. The molecule has 6 nitrogen and oxygen atoms in total. The number of imide groups is 1. The lowest BCUT2D eigenvalue weighted by Crippen LogP contribution is -2.39. The van der Waals surface area contributed by atoms with E-state index in [-0.39, 0.29) is 40.0 Å². The number of rotatable bonds is 3. The number of ketones is 2. The summed E-state index contributed by atoms with van der Waals surface area (Å²) in [7, 11) is 0. The number of aryl methyl sites for hydroxylation is 2. The highest BCUT2D eigenvalue weighted by Gasteiger charge is 2.56. The van der Waals surface area contributed by atoms with Crippen LogP contribution in [0.4, 0.5) is 5.69 Å². The van der Waals surface area contributed by atoms with Crippen molar-refractivity contribution >= 4 is 45.0 Å². The van der Waals surface area contributed by atoms with E-state index in [2.05, 4.69) is 15.9 Å². The summed E-state index contributed by atoms with van der Waals surface area (Å²) >= 11 is 3.24. The molecule has 0 aromatic heterocycles. The van der Waals surface area contributed by atoms with Gasteiger partial charge in [-0.2, -0.15) is 0 Å². The summed E-state index contributed by atoms with van der Waals surface area (Å²) in [5, 5.41) is 11.0. The van der Waals surface area contributed by atoms with Crippen LogP contribution in [0.3, 0.4) is 0 Å². The smallest absolute Gasteiger partial charge is 0.238 e. The van der Waals surface area contributed by atoms with Crippen LogP contribution in [0.2, 0.25) is 0 Å². The number of fused-ring (bicyclic) bond motifs is 3. The molecule has 4 aliphatic rings. The van der Waals surface area contributed by atoms with Gasteiger partial charge in [-0.3, -0.25) is 24.1 Å². The lowest BCUT2D eigenvalue weighted by molar-refractivity contribution is -0.123. The molecule has 1 aliphatic heterocycles. The number of amides is 2. The van der Waals surface area contributed by atoms with Gasteiger partial charge in [0, 0.05) is 28.7 Å². The summed E-state index contributed by atoms with van der Waals surface area (Å²) in [6.07, 6.45) is 4.66. The number of aromatic hydroxyl groups is 1. The van der Waals surface area contributed by atoms with Crippen molar-refractivity contribution in [1.82, 2.24) is 0 Å². The number of benzene rings is 2. The summed E-state index contributed by atoms with van der Waals surface area (Å²) in [6, 6.07) is 12.8. The van der Waals surface area contributed by atoms with E-state index in [0.29, 0.717) is 34.4 Å². The number of carbonyl (C=O) groups is 4. The third-order valence-corrected chi connectivity index (χ3v) is 9.10. The average Bonchev–Trinajstić information content (AvgIpc) is 3.17. The van der Waals surface area contributed by atoms with Crippen molar-refractivity contribution in [1.29, 1.82) is 0 Å². The lowest BCUT2D eigenvalue weighted by atomic mass is 9.59. The first-order chi connectivity index (χ1) is 18.2. The highest BCUT2D eigenvalue weighted by atomic mass is 79.9. The molecule has 2 aromatic rings. The Balaban J connectivity index is 1.48. The molecule has 0 radical (unpaired) electrons. The third-order valence-electron chi connectivity index (χ3n) is 8.51. The first kappa shape index (κ1) is 24.7. The van der Waals surface area contributed by atoms with Crippen molar-refractivity contribution < 1.29 is 24.3 Å². The van der Waals surface area contributed by atoms with Crippen LogP contribution in [0.15, 0.2) is 75.8 Å². The molecule has 0 saturated carbocycles. The minimum absolute atomic E-state index is 0.0633. The monoisotopic (exact) mass is 571 g/mol. The minimum atomic E-state index is -0.668. The molecule has 2 aromatic carbocycles. The van der Waals surface area contributed by atoms with E-state index in [0.717, 1.165) is 17.6 Å². The number of Topliss-reactive ketones (excluding diaryl/α,β-unsaturated/α-hetero) is 1. The van der Waals surface area contributed by atoms with E-state index < -0.39 is 23.7 Å². The lowest BCUT2D eigenvalue weighted by Gasteiger charge is -2.42. The Labute approximate surface area is 228 Å². The maximum Gasteiger partial charge on any atom is 0.238 e. The third kappa shape index (κ3) is 3.52. The van der Waals surface area contributed by atoms with Crippen molar-refractivity contribution in [3.63, 3.8) is 0 Å². The SMILES string of the molecule is CCc1ccc(N2C(=O)[C@H]3[C@H](CC=C4[C@H](c5cccc(C)c5O)C5=C(C[C@H]43)C(=O)C(Br)=CC5=O)C2=O)cc1. The summed E-state index contributed by atoms with van der Waals surface area (Å²) < 4.78 is 0.180. The summed E-state index contributed by atoms with van der Waals surface area (Å²) in [4.78, 5) is 55.4. The standard InChI is InChI=1S/C31H26BrNO5/c1-3-16-7-9-17(10-8-16)33-30(37)20-12-11-18-21(26(20)31(33)38)13-22-27(24(34)14-23(32)29(22)36)25(18)19-6-4-5-15(2)28(19)35/h4-11,14,20-21,25-26,35H,3,12-13H2,1-2H3/t20-,21+,25+,26-/m0/s1. The normalized spacial score (nSPS) is 26.7. The van der Waals surface area contributed by atoms with E-state index in [1.54, 1.807) is 31.2 Å². The summed E-state index contributed by atoms with van der Waals surface area (Å²) in [5.41, 5.74) is 4.37. The highest BCUT2D eigenvalue weighted by Crippen LogP contribution is 2.56. The fraction of sp³-hybridized carbons (Fsp3) is 0.290. The van der Waals surface area contributed by atoms with Crippen molar-refractivity contribution in [3.05, 3.63) is 92.5 Å². The molecular weight excluding hydrogens is 546 g/mol. The van der Waals surface area contributed by atoms with E-state index in [4.69, 9.17) is 0 Å². The number of hydrogen-bond donors (Lipinski definition) is 1. The Bertz CT molecular complexity index is 1530. The Hall–Kier alpha value is -3.58. The van der Waals surface area contributed by atoms with Gasteiger partial charge in [0.05, 0.1) is 22.0 Å². The van der Waals surface area contributed by atoms with Crippen LogP contribution in [-0.4, -0.2) is 28.5 Å². The second kappa shape index (κ2) is 9.02. The van der Waals surface area contributed by atoms with Crippen LogP contribution in [0.25, 0.3) is 0 Å². The molecule has 1 fully saturated rings. The molecule has 0 unspecified atom stereocenters. The number of para-hydroxylation sites is 1. The number of allylic oxidation sites excluding steroid dienone is 6. The van der Waals surface area contributed by atoms with Gasteiger partial charge in [0.1, 0.15) is 5.75 Å². The Morgan fingerprint density at radius 3 is 2.45 bits per heavy atom. The molecule has 0 bridgehead atoms. The zero-order valence-corrected chi connectivity index (χ0v) is 22.6. The van der Waals surface area contributed by atoms with E-state index >= 15 is 0 Å². The van der Waals surface area contributed by atoms with E-state index in [1.165, 1.54) is 11.0 Å². The van der Waals surface area contributed by atoms with Crippen LogP contribution in [0.1, 0.15) is 42.4 Å². The maximum atomic E-state index is 13.9. The first-order valence-corrected chi connectivity index (χ1v) is 13.7. The van der Waals surface area contributed by atoms with E-state index in [1.807, 2.05) is 31.2 Å². The largest absolute Gasteiger partial charge is 0.507 e. The maximum absolute atomic E-state index is 13.9. The number of anilines is 1. The molecule has 2 amide bonds. The average molecular weight is 572 g/mol. The molecule has 1 heterocycles. The van der Waals surface area contributed by atoms with Gasteiger partial charge in [-0.1, -0.05) is 48.9 Å². The number of nitrogens with zero attached hydrogens (tertiary/aromatic N) is 1. The zero-order chi connectivity index (χ0) is 26.9. The molecule has 38 heavy (non-hydrogen) atoms. The number of halogens is 1. The predicted molar refractivity (Wildman–Crippen MR) is 146 cm³/mol. The molecule has 1 saturated heterocycles. The van der Waals surface area contributed by atoms with Crippen molar-refractivity contribution in [2.45, 2.75) is 39.0 Å². The minimum Gasteiger partial charge on any atom is -0.507 e. The van der Waals surface area contributed by atoms with Crippen LogP contribution in [0, 0.1) is 24.7 Å². The van der Waals surface area contributed by atoms with Crippen LogP contribution >= 0.6 is 15.9 Å². The number of phenolic OH excluding ortho intramolecular Hbond substituents is 1. The Kier molecular flexibility index (Phi) is 5.87. The van der Waals surface area contributed by atoms with Gasteiger partial charge in [0.2, 0.25) is 11.8 Å². The first-order valence-electron chi connectivity index (χ1n) is 12.9. The molecule has 4 atom stereocenters. The Morgan fingerprint density at radius 1 is 1.00 bits per heavy atom. The molecule has 7 heteroatoms. The Morgan fingerprint density at radius 2 is 1.74 bits per heavy atom. The highest BCUT2D eigenvalue weighted by molar-refractivity contribution is 9.12. The van der Waals surface area contributed by atoms with Gasteiger partial charge >= 0.3 is 0 Å². The molecule has 3 aliphatic carbocycles. The van der Waals surface area contributed by atoms with Gasteiger partial charge in [0.15, 0.2) is 11.6 Å². The molecule has 192 valence electrons. The summed E-state index contributed by atoms with van der Waals surface area (Å²) in [6.45, 7) is 3.83. The molecule has 6 rings (SSSR count). The topological polar surface area (TPSA) is 91.8 Å². The quantitative estimate of drug-likeness (QED) is 0.309. The number of carbonyl (C=O) groups excluding carboxylic acids is 4. The fourth-order valence-electron chi connectivity index (χ4n) is 6.61. The zero-order valence-electron chi connectivity index (χ0n) is 21.0. The van der Waals surface area contributed by atoms with Gasteiger partial charge < -0.3 is 5.11 Å². The van der Waals surface area contributed by atoms with E-state index in [9.17, 15) is 24.3 Å². The second-order valence-electron chi connectivity index (χ2n) is 10.4. The van der Waals surface area contributed by atoms with Crippen LogP contribution < -0.4 is 4.90 Å². The molecule has 1 N–H and O–H groups in total. The fourth-order valence-corrected chi connectivity index (χ4v) is 7.06. The van der Waals surface area contributed by atoms with Crippen molar-refractivity contribution in [2.24, 2.45) is 17.8 Å². The van der Waals surface area contributed by atoms with Crippen LogP contribution in [0.5, 0.6) is 5.75 Å². The molecular formula is C31H26BrNO5. The van der Waals surface area contributed by atoms with Gasteiger partial charge in [0.25, 0.3) is 0 Å². The van der Waals surface area contributed by atoms with Crippen molar-refractivity contribution in [2.75, 3.05) is 4.90 Å². The van der Waals surface area contributed by atoms with Gasteiger partial charge in [-0.15, -0.1) is 0 Å². The number of phenols is 1. The second-order valence-corrected chi connectivity index (χ2v) is 11.3. The predicted octanol–water partition coefficient (Wildman–Crippen LogP) is 5.23. The van der Waals surface area contributed by atoms with Gasteiger partial charge in [-0.25, -0.2) is 0 Å². The number of hydrogen-bond acceptors (Lipinski definition) is 5. The summed E-state index contributed by atoms with van der Waals surface area (Å²) in [5.74, 6) is -3.32. The van der Waals surface area contributed by atoms with Gasteiger partial charge in [-0.05, 0) is 71.3 Å². The van der Waals surface area contributed by atoms with Crippen LogP contribution in [-0.2, 0) is 25.6 Å². The van der Waals surface area contributed by atoms with Crippen molar-refractivity contribution in [3.8, 4) is 5.75 Å².